The fraction of sp³-hybridized carbons (Fsp3) is 0.632. The molecule has 2 aromatic rings. The van der Waals surface area contributed by atoms with Crippen molar-refractivity contribution in [1.82, 2.24) is 19.9 Å². The summed E-state index contributed by atoms with van der Waals surface area (Å²) in [5, 5.41) is 6.27. The number of nitrogens with zero attached hydrogens (tertiary/aromatic N) is 3. The number of carbonyl (C=O) groups excluding carboxylic acids is 1. The Hall–Kier alpha value is -1.64. The van der Waals surface area contributed by atoms with E-state index in [0.29, 0.717) is 28.7 Å². The molecular weight excluding hydrogens is 394 g/mol. The van der Waals surface area contributed by atoms with Crippen LogP contribution in [0.5, 0.6) is 0 Å². The second-order valence-corrected chi connectivity index (χ2v) is 14.7. The first-order chi connectivity index (χ1) is 13.3. The third-order valence-electron chi connectivity index (χ3n) is 4.93. The van der Waals surface area contributed by atoms with Gasteiger partial charge in [-0.25, -0.2) is 14.8 Å². The summed E-state index contributed by atoms with van der Waals surface area (Å²) < 4.78 is 7.64. The van der Waals surface area contributed by atoms with Crippen LogP contribution in [0.15, 0.2) is 12.4 Å². The van der Waals surface area contributed by atoms with Gasteiger partial charge in [0.25, 0.3) is 0 Å². The average molecular weight is 424 g/mol. The Morgan fingerprint density at radius 3 is 2.79 bits per heavy atom. The molecule has 0 unspecified atom stereocenters. The number of rotatable bonds is 7. The van der Waals surface area contributed by atoms with Crippen molar-refractivity contribution in [3.63, 3.8) is 0 Å². The molecule has 1 saturated carbocycles. The molecule has 0 saturated heterocycles. The van der Waals surface area contributed by atoms with E-state index in [0.717, 1.165) is 25.5 Å². The van der Waals surface area contributed by atoms with E-state index in [-0.39, 0.29) is 12.1 Å². The molecule has 0 aliphatic heterocycles. The van der Waals surface area contributed by atoms with Crippen molar-refractivity contribution in [2.24, 2.45) is 0 Å². The van der Waals surface area contributed by atoms with Gasteiger partial charge in [-0.3, -0.25) is 5.32 Å². The van der Waals surface area contributed by atoms with E-state index in [2.05, 4.69) is 40.2 Å². The molecule has 1 aliphatic carbocycles. The van der Waals surface area contributed by atoms with Crippen LogP contribution in [-0.4, -0.2) is 41.3 Å². The smallest absolute Gasteiger partial charge is 0.320 e. The van der Waals surface area contributed by atoms with Crippen LogP contribution < -0.4 is 10.6 Å². The van der Waals surface area contributed by atoms with Crippen LogP contribution in [0.2, 0.25) is 30.7 Å². The molecule has 2 amide bonds. The molecule has 0 atom stereocenters. The van der Waals surface area contributed by atoms with E-state index >= 15 is 0 Å². The number of amides is 2. The normalized spacial score (nSPS) is 15.7. The molecule has 0 spiro atoms. The first-order valence-electron chi connectivity index (χ1n) is 9.98. The van der Waals surface area contributed by atoms with Gasteiger partial charge in [-0.15, -0.1) is 0 Å². The molecule has 0 bridgehead atoms. The van der Waals surface area contributed by atoms with Gasteiger partial charge in [0.15, 0.2) is 11.5 Å². The maximum absolute atomic E-state index is 12.2. The van der Waals surface area contributed by atoms with Crippen molar-refractivity contribution in [3.05, 3.63) is 17.4 Å². The minimum Gasteiger partial charge on any atom is -0.361 e. The van der Waals surface area contributed by atoms with Gasteiger partial charge >= 0.3 is 6.03 Å². The number of hydrogen-bond donors (Lipinski definition) is 2. The van der Waals surface area contributed by atoms with Gasteiger partial charge in [0.1, 0.15) is 12.2 Å². The summed E-state index contributed by atoms with van der Waals surface area (Å²) in [5.74, 6) is 0.389. The summed E-state index contributed by atoms with van der Waals surface area (Å²) >= 11 is 6.33. The SMILES string of the molecule is C[Si](C)(C)CCOCn1cc(Cl)c2nc(NC(=O)NC3CCCCC3)cnc21. The second-order valence-electron chi connectivity index (χ2n) is 8.66. The summed E-state index contributed by atoms with van der Waals surface area (Å²) in [5.41, 5.74) is 1.21. The standard InChI is InChI=1S/C19H30ClN5O2Si/c1-28(2,3)10-9-27-13-25-12-15(20)17-18(25)21-11-16(23-17)24-19(26)22-14-7-5-4-6-8-14/h11-12,14H,4-10,13H2,1-3H3,(H2,22,23,24,26). The van der Waals surface area contributed by atoms with Crippen LogP contribution in [0.25, 0.3) is 11.2 Å². The van der Waals surface area contributed by atoms with Crippen molar-refractivity contribution in [2.45, 2.75) is 70.6 Å². The first-order valence-corrected chi connectivity index (χ1v) is 14.1. The third kappa shape index (κ3) is 5.92. The Balaban J connectivity index is 1.60. The van der Waals surface area contributed by atoms with Crippen LogP contribution >= 0.6 is 11.6 Å². The van der Waals surface area contributed by atoms with Crippen LogP contribution in [-0.2, 0) is 11.5 Å². The van der Waals surface area contributed by atoms with Crippen molar-refractivity contribution < 1.29 is 9.53 Å². The Bertz CT molecular complexity index is 814. The van der Waals surface area contributed by atoms with Crippen LogP contribution in [0, 0.1) is 0 Å². The summed E-state index contributed by atoms with van der Waals surface area (Å²) in [4.78, 5) is 21.1. The quantitative estimate of drug-likeness (QED) is 0.492. The Morgan fingerprint density at radius 1 is 1.32 bits per heavy atom. The predicted octanol–water partition coefficient (Wildman–Crippen LogP) is 4.85. The first kappa shape index (κ1) is 21.1. The maximum Gasteiger partial charge on any atom is 0.320 e. The number of nitrogens with one attached hydrogen (secondary N) is 2. The van der Waals surface area contributed by atoms with Crippen molar-refractivity contribution in [2.75, 3.05) is 11.9 Å². The molecule has 3 rings (SSSR count). The molecule has 9 heteroatoms. The fourth-order valence-electron chi connectivity index (χ4n) is 3.30. The molecule has 7 nitrogen and oxygen atoms in total. The highest BCUT2D eigenvalue weighted by Crippen LogP contribution is 2.24. The summed E-state index contributed by atoms with van der Waals surface area (Å²) in [6, 6.07) is 1.10. The van der Waals surface area contributed by atoms with Gasteiger partial charge in [-0.2, -0.15) is 0 Å². The lowest BCUT2D eigenvalue weighted by Crippen LogP contribution is -2.39. The summed E-state index contributed by atoms with van der Waals surface area (Å²) in [6.07, 6.45) is 8.97. The molecule has 0 aromatic carbocycles. The lowest BCUT2D eigenvalue weighted by atomic mass is 9.96. The number of urea groups is 1. The number of anilines is 1. The van der Waals surface area contributed by atoms with E-state index in [1.54, 1.807) is 12.4 Å². The minimum absolute atomic E-state index is 0.239. The molecule has 0 radical (unpaired) electrons. The Labute approximate surface area is 172 Å². The van der Waals surface area contributed by atoms with Gasteiger partial charge in [-0.1, -0.05) is 50.5 Å². The van der Waals surface area contributed by atoms with Crippen molar-refractivity contribution >= 4 is 42.7 Å². The van der Waals surface area contributed by atoms with Gasteiger partial charge in [0, 0.05) is 26.9 Å². The van der Waals surface area contributed by atoms with E-state index in [9.17, 15) is 4.79 Å². The summed E-state index contributed by atoms with van der Waals surface area (Å²) in [6.45, 7) is 8.08. The average Bonchev–Trinajstić information content (AvgIpc) is 2.94. The largest absolute Gasteiger partial charge is 0.361 e. The third-order valence-corrected chi connectivity index (χ3v) is 6.91. The molecular formula is C19H30ClN5O2Si. The molecule has 2 N–H and O–H groups in total. The zero-order valence-electron chi connectivity index (χ0n) is 16.9. The number of hydrogen-bond acceptors (Lipinski definition) is 4. The lowest BCUT2D eigenvalue weighted by molar-refractivity contribution is 0.0899. The highest BCUT2D eigenvalue weighted by atomic mass is 35.5. The molecule has 1 aliphatic rings. The van der Waals surface area contributed by atoms with Gasteiger partial charge in [-0.05, 0) is 18.9 Å². The fourth-order valence-corrected chi connectivity index (χ4v) is 4.30. The van der Waals surface area contributed by atoms with Crippen LogP contribution in [0.4, 0.5) is 10.6 Å². The molecule has 2 heterocycles. The molecule has 154 valence electrons. The molecule has 1 fully saturated rings. The highest BCUT2D eigenvalue weighted by Gasteiger charge is 2.17. The second kappa shape index (κ2) is 9.24. The zero-order valence-corrected chi connectivity index (χ0v) is 18.7. The number of halogens is 1. The Morgan fingerprint density at radius 2 is 2.07 bits per heavy atom. The van der Waals surface area contributed by atoms with Crippen molar-refractivity contribution in [1.29, 1.82) is 0 Å². The minimum atomic E-state index is -1.12. The van der Waals surface area contributed by atoms with Crippen LogP contribution in [0.3, 0.4) is 0 Å². The number of carbonyl (C=O) groups is 1. The van der Waals surface area contributed by atoms with Crippen LogP contribution in [0.1, 0.15) is 32.1 Å². The van der Waals surface area contributed by atoms with Gasteiger partial charge in [0.05, 0.1) is 11.2 Å². The van der Waals surface area contributed by atoms with Gasteiger partial charge < -0.3 is 14.6 Å². The molecule has 28 heavy (non-hydrogen) atoms. The van der Waals surface area contributed by atoms with Gasteiger partial charge in [0.2, 0.25) is 0 Å². The maximum atomic E-state index is 12.2. The van der Waals surface area contributed by atoms with E-state index < -0.39 is 8.07 Å². The number of aromatic nitrogens is 3. The zero-order chi connectivity index (χ0) is 20.1. The number of fused-ring (bicyclic) bond motifs is 1. The van der Waals surface area contributed by atoms with Crippen molar-refractivity contribution in [3.8, 4) is 0 Å². The predicted molar refractivity (Wildman–Crippen MR) is 116 cm³/mol. The number of ether oxygens (including phenoxy) is 1. The van der Waals surface area contributed by atoms with E-state index in [4.69, 9.17) is 16.3 Å². The van der Waals surface area contributed by atoms with E-state index in [1.165, 1.54) is 19.3 Å². The molecule has 2 aromatic heterocycles. The topological polar surface area (TPSA) is 81.1 Å². The lowest BCUT2D eigenvalue weighted by Gasteiger charge is -2.22. The monoisotopic (exact) mass is 423 g/mol. The van der Waals surface area contributed by atoms with E-state index in [1.807, 2.05) is 4.57 Å². The highest BCUT2D eigenvalue weighted by molar-refractivity contribution is 6.76. The Kier molecular flexibility index (Phi) is 6.95. The summed E-state index contributed by atoms with van der Waals surface area (Å²) in [7, 11) is -1.12.